The van der Waals surface area contributed by atoms with Crippen molar-refractivity contribution in [1.29, 1.82) is 0 Å². The molecule has 2 unspecified atom stereocenters. The normalized spacial score (nSPS) is 21.9. The van der Waals surface area contributed by atoms with Gasteiger partial charge in [-0.25, -0.2) is 4.98 Å². The van der Waals surface area contributed by atoms with Gasteiger partial charge in [0.1, 0.15) is 0 Å². The number of hydrogen-bond acceptors (Lipinski definition) is 4. The van der Waals surface area contributed by atoms with Gasteiger partial charge in [-0.1, -0.05) is 0 Å². The molecule has 0 radical (unpaired) electrons. The number of carbonyl (C=O) groups is 3. The molecule has 2 N–H and O–H groups in total. The Bertz CT molecular complexity index is 574. The first-order valence-corrected chi connectivity index (χ1v) is 6.26. The number of amides is 1. The second-order valence-electron chi connectivity index (χ2n) is 4.80. The molecule has 21 heavy (non-hydrogen) atoms. The van der Waals surface area contributed by atoms with Gasteiger partial charge >= 0.3 is 11.9 Å². The van der Waals surface area contributed by atoms with E-state index in [1.165, 1.54) is 11.0 Å². The van der Waals surface area contributed by atoms with E-state index in [0.29, 0.717) is 0 Å². The van der Waals surface area contributed by atoms with Gasteiger partial charge in [-0.2, -0.15) is 4.39 Å². The van der Waals surface area contributed by atoms with E-state index in [1.807, 2.05) is 0 Å². The molecule has 0 aliphatic carbocycles. The second kappa shape index (κ2) is 5.86. The fourth-order valence-electron chi connectivity index (χ4n) is 2.37. The summed E-state index contributed by atoms with van der Waals surface area (Å²) >= 11 is 0. The van der Waals surface area contributed by atoms with E-state index in [-0.39, 0.29) is 25.1 Å². The van der Waals surface area contributed by atoms with Gasteiger partial charge in [0.25, 0.3) is 5.91 Å². The van der Waals surface area contributed by atoms with E-state index in [4.69, 9.17) is 10.2 Å². The second-order valence-corrected chi connectivity index (χ2v) is 4.80. The summed E-state index contributed by atoms with van der Waals surface area (Å²) in [4.78, 5) is 39.0. The Labute approximate surface area is 119 Å². The summed E-state index contributed by atoms with van der Waals surface area (Å²) in [5.74, 6) is -5.82. The number of halogens is 1. The van der Waals surface area contributed by atoms with Crippen LogP contribution in [0.5, 0.6) is 0 Å². The molecule has 1 fully saturated rings. The van der Waals surface area contributed by atoms with Crippen LogP contribution < -0.4 is 0 Å². The average Bonchev–Trinajstić information content (AvgIpc) is 2.46. The number of carboxylic acids is 2. The minimum absolute atomic E-state index is 0.0622. The molecule has 8 heteroatoms. The SMILES string of the molecule is O=C(O)C1CCN(C(=O)c2ccc(F)nc2)CC1C(=O)O. The lowest BCUT2D eigenvalue weighted by atomic mass is 9.85. The third kappa shape index (κ3) is 3.15. The van der Waals surface area contributed by atoms with Gasteiger partial charge in [-0.15, -0.1) is 0 Å². The van der Waals surface area contributed by atoms with Crippen LogP contribution in [0.15, 0.2) is 18.3 Å². The van der Waals surface area contributed by atoms with Crippen LogP contribution in [0.4, 0.5) is 4.39 Å². The maximum atomic E-state index is 12.7. The standard InChI is InChI=1S/C13H13FN2O5/c14-10-2-1-7(5-15-10)11(17)16-4-3-8(12(18)19)9(6-16)13(20)21/h1-2,5,8-9H,3-4,6H2,(H,18,19)(H,20,21). The summed E-state index contributed by atoms with van der Waals surface area (Å²) in [6.45, 7) is -0.0561. The predicted molar refractivity (Wildman–Crippen MR) is 67.0 cm³/mol. The van der Waals surface area contributed by atoms with Crippen molar-refractivity contribution in [3.05, 3.63) is 29.8 Å². The minimum Gasteiger partial charge on any atom is -0.481 e. The molecule has 1 aliphatic rings. The number of rotatable bonds is 3. The average molecular weight is 296 g/mol. The molecular weight excluding hydrogens is 283 g/mol. The van der Waals surface area contributed by atoms with Crippen LogP contribution in [0.1, 0.15) is 16.8 Å². The monoisotopic (exact) mass is 296 g/mol. The van der Waals surface area contributed by atoms with Crippen LogP contribution in [-0.4, -0.2) is 51.0 Å². The first-order valence-electron chi connectivity index (χ1n) is 6.26. The number of nitrogens with zero attached hydrogens (tertiary/aromatic N) is 2. The first kappa shape index (κ1) is 14.9. The topological polar surface area (TPSA) is 108 Å². The van der Waals surface area contributed by atoms with Crippen molar-refractivity contribution < 1.29 is 29.0 Å². The number of hydrogen-bond donors (Lipinski definition) is 2. The Kier molecular flexibility index (Phi) is 4.15. The molecule has 1 aromatic rings. The molecule has 1 amide bonds. The number of aromatic nitrogens is 1. The van der Waals surface area contributed by atoms with Gasteiger partial charge in [0.15, 0.2) is 0 Å². The molecule has 2 atom stereocenters. The lowest BCUT2D eigenvalue weighted by Crippen LogP contribution is -2.48. The van der Waals surface area contributed by atoms with Crippen molar-refractivity contribution in [2.24, 2.45) is 11.8 Å². The predicted octanol–water partition coefficient (Wildman–Crippen LogP) is 0.468. The highest BCUT2D eigenvalue weighted by molar-refractivity contribution is 5.94. The molecule has 1 aliphatic heterocycles. The lowest BCUT2D eigenvalue weighted by Gasteiger charge is -2.34. The van der Waals surface area contributed by atoms with Crippen LogP contribution in [0.25, 0.3) is 0 Å². The molecule has 0 bridgehead atoms. The van der Waals surface area contributed by atoms with Gasteiger partial charge in [-0.3, -0.25) is 14.4 Å². The Balaban J connectivity index is 2.15. The molecule has 2 heterocycles. The van der Waals surface area contributed by atoms with Crippen LogP contribution in [0.2, 0.25) is 0 Å². The van der Waals surface area contributed by atoms with Crippen molar-refractivity contribution in [1.82, 2.24) is 9.88 Å². The summed E-state index contributed by atoms with van der Waals surface area (Å²) in [5, 5.41) is 18.1. The number of carboxylic acid groups (broad SMARTS) is 2. The molecule has 112 valence electrons. The third-order valence-corrected chi connectivity index (χ3v) is 3.51. The van der Waals surface area contributed by atoms with E-state index >= 15 is 0 Å². The van der Waals surface area contributed by atoms with Gasteiger partial charge in [-0.05, 0) is 18.6 Å². The van der Waals surface area contributed by atoms with E-state index in [9.17, 15) is 18.8 Å². The van der Waals surface area contributed by atoms with Crippen LogP contribution in [0, 0.1) is 17.8 Å². The van der Waals surface area contributed by atoms with Gasteiger partial charge in [0, 0.05) is 19.3 Å². The van der Waals surface area contributed by atoms with Crippen LogP contribution in [0.3, 0.4) is 0 Å². The van der Waals surface area contributed by atoms with Crippen molar-refractivity contribution in [2.75, 3.05) is 13.1 Å². The molecule has 1 aromatic heterocycles. The zero-order chi connectivity index (χ0) is 15.6. The van der Waals surface area contributed by atoms with Gasteiger partial charge in [0.2, 0.25) is 5.95 Å². The molecule has 0 spiro atoms. The van der Waals surface area contributed by atoms with Crippen molar-refractivity contribution in [3.8, 4) is 0 Å². The number of likely N-dealkylation sites (tertiary alicyclic amines) is 1. The Morgan fingerprint density at radius 2 is 1.86 bits per heavy atom. The molecule has 0 aromatic carbocycles. The van der Waals surface area contributed by atoms with E-state index < -0.39 is 35.6 Å². The fourth-order valence-corrected chi connectivity index (χ4v) is 2.37. The highest BCUT2D eigenvalue weighted by Gasteiger charge is 2.40. The summed E-state index contributed by atoms with van der Waals surface area (Å²) in [6.07, 6.45) is 1.13. The summed E-state index contributed by atoms with van der Waals surface area (Å²) < 4.78 is 12.7. The maximum Gasteiger partial charge on any atom is 0.309 e. The molecule has 1 saturated heterocycles. The van der Waals surface area contributed by atoms with Crippen molar-refractivity contribution >= 4 is 17.8 Å². The zero-order valence-electron chi connectivity index (χ0n) is 10.9. The number of pyridine rings is 1. The zero-order valence-corrected chi connectivity index (χ0v) is 10.9. The smallest absolute Gasteiger partial charge is 0.309 e. The van der Waals surface area contributed by atoms with E-state index in [2.05, 4.69) is 4.98 Å². The molecular formula is C13H13FN2O5. The van der Waals surface area contributed by atoms with Crippen LogP contribution >= 0.6 is 0 Å². The number of piperidine rings is 1. The highest BCUT2D eigenvalue weighted by atomic mass is 19.1. The largest absolute Gasteiger partial charge is 0.481 e. The summed E-state index contributed by atoms with van der Waals surface area (Å²) in [7, 11) is 0. The van der Waals surface area contributed by atoms with Crippen molar-refractivity contribution in [3.63, 3.8) is 0 Å². The third-order valence-electron chi connectivity index (χ3n) is 3.51. The molecule has 2 rings (SSSR count). The maximum absolute atomic E-state index is 12.7. The minimum atomic E-state index is -1.25. The number of aliphatic carboxylic acids is 2. The number of carbonyl (C=O) groups excluding carboxylic acids is 1. The Morgan fingerprint density at radius 1 is 1.19 bits per heavy atom. The first-order chi connectivity index (χ1) is 9.90. The summed E-state index contributed by atoms with van der Waals surface area (Å²) in [5.41, 5.74) is 0.134. The van der Waals surface area contributed by atoms with Gasteiger partial charge in [0.05, 0.1) is 17.4 Å². The highest BCUT2D eigenvalue weighted by Crippen LogP contribution is 2.25. The Morgan fingerprint density at radius 3 is 2.38 bits per heavy atom. The fraction of sp³-hybridized carbons (Fsp3) is 0.385. The quantitative estimate of drug-likeness (QED) is 0.785. The summed E-state index contributed by atoms with van der Waals surface area (Å²) in [6, 6.07) is 2.29. The van der Waals surface area contributed by atoms with E-state index in [0.717, 1.165) is 12.3 Å². The molecule has 0 saturated carbocycles. The van der Waals surface area contributed by atoms with Gasteiger partial charge < -0.3 is 15.1 Å². The lowest BCUT2D eigenvalue weighted by molar-refractivity contribution is -0.156. The molecule has 7 nitrogen and oxygen atoms in total. The van der Waals surface area contributed by atoms with E-state index in [1.54, 1.807) is 0 Å². The van der Waals surface area contributed by atoms with Crippen molar-refractivity contribution in [2.45, 2.75) is 6.42 Å². The Hall–Kier alpha value is -2.51. The van der Waals surface area contributed by atoms with Crippen LogP contribution in [-0.2, 0) is 9.59 Å².